The number of rotatable bonds is 9. The van der Waals surface area contributed by atoms with E-state index >= 15 is 0 Å². The van der Waals surface area contributed by atoms with Crippen LogP contribution in [0, 0.1) is 4.77 Å². The van der Waals surface area contributed by atoms with E-state index < -0.39 is 0 Å². The van der Waals surface area contributed by atoms with Gasteiger partial charge in [-0.05, 0) is 60.6 Å². The van der Waals surface area contributed by atoms with Gasteiger partial charge in [0.25, 0.3) is 0 Å². The Balaban J connectivity index is 1.53. The largest absolute Gasteiger partial charge is 0.490 e. The first-order valence-corrected chi connectivity index (χ1v) is 11.4. The molecule has 2 N–H and O–H groups in total. The van der Waals surface area contributed by atoms with Gasteiger partial charge in [0, 0.05) is 34.1 Å². The van der Waals surface area contributed by atoms with Crippen molar-refractivity contribution >= 4 is 35.4 Å². The van der Waals surface area contributed by atoms with Crippen molar-refractivity contribution in [3.63, 3.8) is 0 Å². The highest BCUT2D eigenvalue weighted by molar-refractivity contribution is 7.71. The van der Waals surface area contributed by atoms with Crippen LogP contribution in [0.15, 0.2) is 60.9 Å². The van der Waals surface area contributed by atoms with Gasteiger partial charge in [0.05, 0.1) is 13.2 Å². The Morgan fingerprint density at radius 3 is 2.48 bits per heavy atom. The molecule has 2 aromatic carbocycles. The Morgan fingerprint density at radius 1 is 1.03 bits per heavy atom. The molecule has 0 amide bonds. The number of H-pyrrole nitrogens is 1. The van der Waals surface area contributed by atoms with Crippen molar-refractivity contribution in [2.24, 2.45) is 0 Å². The Morgan fingerprint density at radius 2 is 1.76 bits per heavy atom. The number of benzene rings is 2. The van der Waals surface area contributed by atoms with E-state index in [1.165, 1.54) is 0 Å². The minimum Gasteiger partial charge on any atom is -0.490 e. The van der Waals surface area contributed by atoms with Crippen LogP contribution in [0.1, 0.15) is 18.1 Å². The molecular formula is C23H21Cl2N5O2S. The molecule has 2 aromatic heterocycles. The summed E-state index contributed by atoms with van der Waals surface area (Å²) < 4.78 is 13.9. The van der Waals surface area contributed by atoms with Gasteiger partial charge in [-0.15, -0.1) is 0 Å². The van der Waals surface area contributed by atoms with Gasteiger partial charge < -0.3 is 14.9 Å². The van der Waals surface area contributed by atoms with Gasteiger partial charge in [-0.25, -0.2) is 9.77 Å². The predicted octanol–water partition coefficient (Wildman–Crippen LogP) is 6.03. The second kappa shape index (κ2) is 10.7. The number of nitrogens with zero attached hydrogens (tertiary/aromatic N) is 3. The Labute approximate surface area is 206 Å². The number of halogens is 2. The van der Waals surface area contributed by atoms with Crippen LogP contribution >= 0.6 is 35.4 Å². The monoisotopic (exact) mass is 501 g/mol. The molecule has 0 atom stereocenters. The zero-order valence-electron chi connectivity index (χ0n) is 17.7. The van der Waals surface area contributed by atoms with Crippen LogP contribution in [0.5, 0.6) is 11.5 Å². The van der Waals surface area contributed by atoms with Crippen LogP contribution in [-0.4, -0.2) is 26.5 Å². The lowest BCUT2D eigenvalue weighted by molar-refractivity contribution is 0.269. The first-order valence-electron chi connectivity index (χ1n) is 10.2. The molecule has 0 fully saturated rings. The SMILES string of the molecule is CCOc1cc(CNn2c(-c3ccncc3)n[nH]c2=S)c(Cl)cc1OCc1ccc(Cl)cc1. The summed E-state index contributed by atoms with van der Waals surface area (Å²) in [5.41, 5.74) is 5.96. The van der Waals surface area contributed by atoms with Crippen molar-refractivity contribution in [3.05, 3.63) is 86.9 Å². The van der Waals surface area contributed by atoms with Gasteiger partial charge >= 0.3 is 0 Å². The normalized spacial score (nSPS) is 10.8. The van der Waals surface area contributed by atoms with Gasteiger partial charge in [0.15, 0.2) is 17.3 Å². The van der Waals surface area contributed by atoms with E-state index in [0.29, 0.717) is 51.9 Å². The minimum atomic E-state index is 0.366. The van der Waals surface area contributed by atoms with Crippen LogP contribution in [0.4, 0.5) is 0 Å². The average Bonchev–Trinajstić information content (AvgIpc) is 3.20. The third kappa shape index (κ3) is 5.65. The number of ether oxygens (including phenoxy) is 2. The second-order valence-corrected chi connectivity index (χ2v) is 8.23. The molecule has 0 saturated heterocycles. The van der Waals surface area contributed by atoms with Crippen molar-refractivity contribution in [3.8, 4) is 22.9 Å². The standard InChI is InChI=1S/C23H21Cl2N5O2S/c1-2-31-20-11-17(19(25)12-21(20)32-14-15-3-5-18(24)6-4-15)13-27-30-22(28-29-23(30)33)16-7-9-26-10-8-16/h3-12,27H,2,13-14H2,1H3,(H,29,33). The Kier molecular flexibility index (Phi) is 7.49. The highest BCUT2D eigenvalue weighted by Crippen LogP contribution is 2.34. The summed E-state index contributed by atoms with van der Waals surface area (Å²) in [7, 11) is 0. The molecule has 0 bridgehead atoms. The Hall–Kier alpha value is -3.07. The lowest BCUT2D eigenvalue weighted by Crippen LogP contribution is -2.16. The Bertz CT molecular complexity index is 1280. The molecule has 7 nitrogen and oxygen atoms in total. The number of hydrogen-bond donors (Lipinski definition) is 2. The molecule has 33 heavy (non-hydrogen) atoms. The molecule has 4 aromatic rings. The average molecular weight is 502 g/mol. The van der Waals surface area contributed by atoms with E-state index in [9.17, 15) is 0 Å². The zero-order chi connectivity index (χ0) is 23.2. The third-order valence-electron chi connectivity index (χ3n) is 4.76. The van der Waals surface area contributed by atoms with Crippen molar-refractivity contribution in [2.45, 2.75) is 20.1 Å². The fourth-order valence-corrected chi connectivity index (χ4v) is 3.68. The second-order valence-electron chi connectivity index (χ2n) is 7.00. The van der Waals surface area contributed by atoms with Crippen LogP contribution in [0.3, 0.4) is 0 Å². The molecule has 0 spiro atoms. The first kappa shape index (κ1) is 23.1. The van der Waals surface area contributed by atoms with E-state index in [4.69, 9.17) is 44.9 Å². The van der Waals surface area contributed by atoms with Crippen molar-refractivity contribution in [2.75, 3.05) is 12.0 Å². The molecule has 0 radical (unpaired) electrons. The van der Waals surface area contributed by atoms with Gasteiger partial charge in [-0.2, -0.15) is 5.10 Å². The number of nitrogens with one attached hydrogen (secondary N) is 2. The van der Waals surface area contributed by atoms with Crippen molar-refractivity contribution in [1.29, 1.82) is 0 Å². The van der Waals surface area contributed by atoms with E-state index in [1.807, 2.05) is 49.4 Å². The smallest absolute Gasteiger partial charge is 0.214 e. The molecular weight excluding hydrogens is 481 g/mol. The summed E-state index contributed by atoms with van der Waals surface area (Å²) >= 11 is 17.9. The number of pyridine rings is 1. The molecule has 0 aliphatic heterocycles. The summed E-state index contributed by atoms with van der Waals surface area (Å²) in [6.07, 6.45) is 3.40. The predicted molar refractivity (Wildman–Crippen MR) is 132 cm³/mol. The van der Waals surface area contributed by atoms with Crippen molar-refractivity contribution < 1.29 is 9.47 Å². The summed E-state index contributed by atoms with van der Waals surface area (Å²) in [4.78, 5) is 4.04. The summed E-state index contributed by atoms with van der Waals surface area (Å²) in [6.45, 7) is 3.17. The summed E-state index contributed by atoms with van der Waals surface area (Å²) in [5.74, 6) is 1.82. The van der Waals surface area contributed by atoms with Crippen LogP contribution < -0.4 is 14.9 Å². The highest BCUT2D eigenvalue weighted by atomic mass is 35.5. The third-order valence-corrected chi connectivity index (χ3v) is 5.64. The number of aromatic amines is 1. The molecule has 170 valence electrons. The van der Waals surface area contributed by atoms with Gasteiger partial charge in [-0.1, -0.05) is 35.3 Å². The zero-order valence-corrected chi connectivity index (χ0v) is 20.0. The molecule has 0 saturated carbocycles. The van der Waals surface area contributed by atoms with E-state index in [-0.39, 0.29) is 0 Å². The lowest BCUT2D eigenvalue weighted by Gasteiger charge is -2.16. The minimum absolute atomic E-state index is 0.366. The van der Waals surface area contributed by atoms with Crippen molar-refractivity contribution in [1.82, 2.24) is 19.9 Å². The molecule has 0 aliphatic rings. The lowest BCUT2D eigenvalue weighted by atomic mass is 10.2. The maximum absolute atomic E-state index is 6.58. The number of hydrogen-bond acceptors (Lipinski definition) is 6. The van der Waals surface area contributed by atoms with E-state index in [1.54, 1.807) is 23.1 Å². The van der Waals surface area contributed by atoms with Crippen LogP contribution in [0.2, 0.25) is 10.0 Å². The van der Waals surface area contributed by atoms with E-state index in [0.717, 1.165) is 16.7 Å². The maximum atomic E-state index is 6.58. The molecule has 0 aliphatic carbocycles. The van der Waals surface area contributed by atoms with Gasteiger partial charge in [-0.3, -0.25) is 4.98 Å². The quantitative estimate of drug-likeness (QED) is 0.272. The highest BCUT2D eigenvalue weighted by Gasteiger charge is 2.14. The summed E-state index contributed by atoms with van der Waals surface area (Å²) in [5, 5.41) is 8.34. The maximum Gasteiger partial charge on any atom is 0.214 e. The molecule has 4 rings (SSSR count). The fourth-order valence-electron chi connectivity index (χ4n) is 3.14. The molecule has 2 heterocycles. The van der Waals surface area contributed by atoms with E-state index in [2.05, 4.69) is 20.6 Å². The van der Waals surface area contributed by atoms with Gasteiger partial charge in [0.2, 0.25) is 4.77 Å². The first-order chi connectivity index (χ1) is 16.0. The van der Waals surface area contributed by atoms with Gasteiger partial charge in [0.1, 0.15) is 6.61 Å². The topological polar surface area (TPSA) is 77.0 Å². The number of aromatic nitrogens is 4. The van der Waals surface area contributed by atoms with Crippen LogP contribution in [0.25, 0.3) is 11.4 Å². The summed E-state index contributed by atoms with van der Waals surface area (Å²) in [6, 6.07) is 14.8. The molecule has 10 heteroatoms. The van der Waals surface area contributed by atoms with Crippen LogP contribution in [-0.2, 0) is 13.2 Å². The fraction of sp³-hybridized carbons (Fsp3) is 0.174. The molecule has 0 unspecified atom stereocenters.